The zero-order valence-electron chi connectivity index (χ0n) is 16.3. The van der Waals surface area contributed by atoms with E-state index < -0.39 is 12.8 Å². The van der Waals surface area contributed by atoms with Crippen LogP contribution in [0.4, 0.5) is 25.1 Å². The largest absolute Gasteiger partial charge is 0.396 e. The molecule has 4 heterocycles. The Kier molecular flexibility index (Phi) is 5.26. The molecular formula is C21H20F2N6O. The van der Waals surface area contributed by atoms with Gasteiger partial charge < -0.3 is 10.6 Å². The first-order chi connectivity index (χ1) is 14.4. The first-order valence-electron chi connectivity index (χ1n) is 9.38. The maximum atomic E-state index is 12.8. The van der Waals surface area contributed by atoms with E-state index in [4.69, 9.17) is 5.73 Å². The van der Waals surface area contributed by atoms with Crippen molar-refractivity contribution in [1.29, 1.82) is 0 Å². The molecule has 0 fully saturated rings. The molecule has 3 aromatic heterocycles. The molecule has 4 rings (SSSR count). The third-order valence-corrected chi connectivity index (χ3v) is 4.84. The Morgan fingerprint density at radius 2 is 2.00 bits per heavy atom. The molecule has 0 aliphatic carbocycles. The fourth-order valence-electron chi connectivity index (χ4n) is 3.35. The number of aromatic nitrogens is 3. The Morgan fingerprint density at radius 1 is 1.20 bits per heavy atom. The molecule has 0 bridgehead atoms. The number of nitrogens with one attached hydrogen (secondary N) is 1. The van der Waals surface area contributed by atoms with E-state index in [1.807, 2.05) is 13.0 Å². The molecule has 3 N–H and O–H groups in total. The van der Waals surface area contributed by atoms with Gasteiger partial charge in [-0.15, -0.1) is 0 Å². The number of urea groups is 1. The van der Waals surface area contributed by atoms with Gasteiger partial charge in [0.15, 0.2) is 5.82 Å². The smallest absolute Gasteiger partial charge is 0.323 e. The molecule has 3 aromatic rings. The Bertz CT molecular complexity index is 1100. The van der Waals surface area contributed by atoms with Crippen LogP contribution < -0.4 is 11.1 Å². The number of hydrogen-bond donors (Lipinski definition) is 2. The summed E-state index contributed by atoms with van der Waals surface area (Å²) in [4.78, 5) is 27.0. The normalized spacial score (nSPS) is 12.9. The molecule has 0 spiro atoms. The van der Waals surface area contributed by atoms with E-state index in [0.717, 1.165) is 22.3 Å². The molecule has 1 aliphatic rings. The topological polar surface area (TPSA) is 97.0 Å². The van der Waals surface area contributed by atoms with E-state index in [-0.39, 0.29) is 11.8 Å². The first kappa shape index (κ1) is 19.7. The number of halogens is 2. The lowest BCUT2D eigenvalue weighted by Gasteiger charge is -2.17. The fourth-order valence-corrected chi connectivity index (χ4v) is 3.35. The Labute approximate surface area is 172 Å². The van der Waals surface area contributed by atoms with Gasteiger partial charge in [0.2, 0.25) is 6.43 Å². The molecule has 0 atom stereocenters. The van der Waals surface area contributed by atoms with Gasteiger partial charge in [-0.3, -0.25) is 15.3 Å². The number of carbonyl (C=O) groups excluding carboxylic acids is 1. The first-order valence-corrected chi connectivity index (χ1v) is 9.38. The predicted molar refractivity (Wildman–Crippen MR) is 109 cm³/mol. The minimum Gasteiger partial charge on any atom is -0.396 e. The van der Waals surface area contributed by atoms with Gasteiger partial charge in [-0.1, -0.05) is 0 Å². The van der Waals surface area contributed by atoms with Crippen molar-refractivity contribution in [2.75, 3.05) is 11.1 Å². The van der Waals surface area contributed by atoms with Crippen LogP contribution in [0.15, 0.2) is 42.9 Å². The number of carbonyl (C=O) groups is 1. The zero-order chi connectivity index (χ0) is 21.3. The monoisotopic (exact) mass is 410 g/mol. The van der Waals surface area contributed by atoms with E-state index in [9.17, 15) is 13.6 Å². The van der Waals surface area contributed by atoms with Gasteiger partial charge in [0.05, 0.1) is 17.8 Å². The number of nitrogens with zero attached hydrogens (tertiary/aromatic N) is 4. The van der Waals surface area contributed by atoms with Crippen LogP contribution in [0.3, 0.4) is 0 Å². The number of amides is 2. The van der Waals surface area contributed by atoms with Gasteiger partial charge in [-0.25, -0.2) is 18.6 Å². The summed E-state index contributed by atoms with van der Waals surface area (Å²) in [6.07, 6.45) is 2.13. The van der Waals surface area contributed by atoms with E-state index in [2.05, 4.69) is 20.3 Å². The molecule has 0 saturated carbocycles. The zero-order valence-corrected chi connectivity index (χ0v) is 16.3. The number of rotatable bonds is 4. The quantitative estimate of drug-likeness (QED) is 0.682. The number of nitrogens with two attached hydrogens (primary N) is 1. The summed E-state index contributed by atoms with van der Waals surface area (Å²) in [7, 11) is 0. The fraction of sp³-hybridized carbons (Fsp3) is 0.238. The number of pyridine rings is 3. The highest BCUT2D eigenvalue weighted by Crippen LogP contribution is 2.26. The van der Waals surface area contributed by atoms with Crippen LogP contribution in [-0.4, -0.2) is 32.3 Å². The molecular weight excluding hydrogens is 390 g/mol. The van der Waals surface area contributed by atoms with Crippen molar-refractivity contribution in [3.8, 4) is 11.3 Å². The predicted octanol–water partition coefficient (Wildman–Crippen LogP) is 3.78. The SMILES string of the molecule is Cc1cncc(-c2ccc(N)c(NC(=O)N3Cc4cnc(CC(F)F)cc4C3)n2)c1. The summed E-state index contributed by atoms with van der Waals surface area (Å²) in [5.41, 5.74) is 10.8. The van der Waals surface area contributed by atoms with Gasteiger partial charge in [0, 0.05) is 42.9 Å². The number of anilines is 2. The molecule has 1 aliphatic heterocycles. The minimum absolute atomic E-state index is 0.256. The van der Waals surface area contributed by atoms with Crippen LogP contribution in [0.1, 0.15) is 22.4 Å². The van der Waals surface area contributed by atoms with E-state index >= 15 is 0 Å². The van der Waals surface area contributed by atoms with Gasteiger partial charge in [0.1, 0.15) is 0 Å². The third-order valence-electron chi connectivity index (χ3n) is 4.84. The molecule has 0 radical (unpaired) electrons. The summed E-state index contributed by atoms with van der Waals surface area (Å²) in [6.45, 7) is 2.58. The highest BCUT2D eigenvalue weighted by molar-refractivity contribution is 5.92. The van der Waals surface area contributed by atoms with Crippen LogP contribution in [0.2, 0.25) is 0 Å². The number of nitrogen functional groups attached to an aromatic ring is 1. The number of hydrogen-bond acceptors (Lipinski definition) is 5. The van der Waals surface area contributed by atoms with Crippen molar-refractivity contribution < 1.29 is 13.6 Å². The van der Waals surface area contributed by atoms with Crippen molar-refractivity contribution >= 4 is 17.5 Å². The summed E-state index contributed by atoms with van der Waals surface area (Å²) in [6, 6.07) is 6.65. The molecule has 9 heteroatoms. The lowest BCUT2D eigenvalue weighted by atomic mass is 10.1. The van der Waals surface area contributed by atoms with Gasteiger partial charge in [0.25, 0.3) is 0 Å². The van der Waals surface area contributed by atoms with Crippen molar-refractivity contribution in [1.82, 2.24) is 19.9 Å². The standard InChI is InChI=1S/C21H20F2N6O/c1-12-4-13(8-25-7-12)18-3-2-17(24)20(27-18)28-21(30)29-10-14-5-16(6-19(22)23)26-9-15(14)11-29/h2-5,7-9,19H,6,10-11,24H2,1H3,(H,27,28,30). The lowest BCUT2D eigenvalue weighted by Crippen LogP contribution is -2.30. The Hall–Kier alpha value is -3.62. The summed E-state index contributed by atoms with van der Waals surface area (Å²) in [5.74, 6) is 0.256. The summed E-state index contributed by atoms with van der Waals surface area (Å²) in [5, 5.41) is 2.75. The second-order valence-corrected chi connectivity index (χ2v) is 7.21. The molecule has 2 amide bonds. The average Bonchev–Trinajstić information content (AvgIpc) is 3.13. The minimum atomic E-state index is -2.46. The second kappa shape index (κ2) is 8.02. The highest BCUT2D eigenvalue weighted by Gasteiger charge is 2.25. The summed E-state index contributed by atoms with van der Waals surface area (Å²) < 4.78 is 25.2. The molecule has 0 unspecified atom stereocenters. The van der Waals surface area contributed by atoms with Crippen molar-refractivity contribution in [2.24, 2.45) is 0 Å². The second-order valence-electron chi connectivity index (χ2n) is 7.21. The molecule has 154 valence electrons. The molecule has 7 nitrogen and oxygen atoms in total. The van der Waals surface area contributed by atoms with Crippen LogP contribution >= 0.6 is 0 Å². The van der Waals surface area contributed by atoms with Crippen LogP contribution in [0.25, 0.3) is 11.3 Å². The van der Waals surface area contributed by atoms with Crippen LogP contribution in [0.5, 0.6) is 0 Å². The van der Waals surface area contributed by atoms with Crippen LogP contribution in [-0.2, 0) is 19.5 Å². The number of alkyl halides is 2. The maximum Gasteiger partial charge on any atom is 0.323 e. The third kappa shape index (κ3) is 4.19. The van der Waals surface area contributed by atoms with Crippen molar-refractivity contribution in [3.63, 3.8) is 0 Å². The number of fused-ring (bicyclic) bond motifs is 1. The van der Waals surface area contributed by atoms with Crippen molar-refractivity contribution in [2.45, 2.75) is 32.9 Å². The summed E-state index contributed by atoms with van der Waals surface area (Å²) >= 11 is 0. The van der Waals surface area contributed by atoms with Gasteiger partial charge in [-0.05, 0) is 47.9 Å². The van der Waals surface area contributed by atoms with Crippen LogP contribution in [0, 0.1) is 6.92 Å². The average molecular weight is 410 g/mol. The van der Waals surface area contributed by atoms with Gasteiger partial charge in [-0.2, -0.15) is 0 Å². The van der Waals surface area contributed by atoms with E-state index in [1.54, 1.807) is 41.7 Å². The molecule has 30 heavy (non-hydrogen) atoms. The van der Waals surface area contributed by atoms with E-state index in [1.165, 1.54) is 0 Å². The van der Waals surface area contributed by atoms with E-state index in [0.29, 0.717) is 30.2 Å². The Balaban J connectivity index is 1.49. The van der Waals surface area contributed by atoms with Gasteiger partial charge >= 0.3 is 6.03 Å². The lowest BCUT2D eigenvalue weighted by molar-refractivity contribution is 0.148. The maximum absolute atomic E-state index is 12.8. The molecule has 0 saturated heterocycles. The Morgan fingerprint density at radius 3 is 2.77 bits per heavy atom. The highest BCUT2D eigenvalue weighted by atomic mass is 19.3. The van der Waals surface area contributed by atoms with Crippen molar-refractivity contribution in [3.05, 3.63) is 65.2 Å². The number of aryl methyl sites for hydroxylation is 1. The molecule has 0 aromatic carbocycles.